The predicted molar refractivity (Wildman–Crippen MR) is 77.1 cm³/mol. The number of hydrogen-bond donors (Lipinski definition) is 0. The summed E-state index contributed by atoms with van der Waals surface area (Å²) in [4.78, 5) is 0. The molecule has 0 heterocycles. The van der Waals surface area contributed by atoms with Crippen LogP contribution in [0.5, 0.6) is 0 Å². The van der Waals surface area contributed by atoms with Gasteiger partial charge in [-0.25, -0.2) is 0 Å². The van der Waals surface area contributed by atoms with Crippen LogP contribution in [0.2, 0.25) is 0 Å². The van der Waals surface area contributed by atoms with Gasteiger partial charge in [0.25, 0.3) is 0 Å². The van der Waals surface area contributed by atoms with Gasteiger partial charge in [0.15, 0.2) is 0 Å². The molecule has 0 saturated heterocycles. The van der Waals surface area contributed by atoms with Crippen molar-refractivity contribution in [2.75, 3.05) is 0 Å². The summed E-state index contributed by atoms with van der Waals surface area (Å²) in [5, 5.41) is 2.90. The van der Waals surface area contributed by atoms with Crippen LogP contribution in [0.3, 0.4) is 0 Å². The predicted octanol–water partition coefficient (Wildman–Crippen LogP) is 5.00. The minimum atomic E-state index is 1.40. The number of hydrogen-bond acceptors (Lipinski definition) is 0. The van der Waals surface area contributed by atoms with Gasteiger partial charge in [-0.05, 0) is 98.2 Å². The van der Waals surface area contributed by atoms with Gasteiger partial charge in [0.2, 0.25) is 0 Å². The van der Waals surface area contributed by atoms with Crippen LogP contribution in [0.4, 0.5) is 0 Å². The highest BCUT2D eigenvalue weighted by atomic mass is 14.2. The molecule has 2 aromatic carbocycles. The van der Waals surface area contributed by atoms with Crippen molar-refractivity contribution in [3.63, 3.8) is 0 Å². The topological polar surface area (TPSA) is 0 Å². The molecule has 0 aliphatic heterocycles. The summed E-state index contributed by atoms with van der Waals surface area (Å²) in [5.41, 5.74) is 10.1. The number of benzene rings is 2. The van der Waals surface area contributed by atoms with Crippen LogP contribution in [-0.2, 0) is 0 Å². The van der Waals surface area contributed by atoms with E-state index in [0.717, 1.165) is 0 Å². The minimum Gasteiger partial charge on any atom is -0.0509 e. The van der Waals surface area contributed by atoms with E-state index in [9.17, 15) is 0 Å². The monoisotopic (exact) mass is 226 g/mol. The molecule has 0 nitrogen and oxygen atoms in total. The Morgan fingerprint density at radius 2 is 1.00 bits per heavy atom. The first-order valence-corrected chi connectivity index (χ1v) is 6.33. The number of aryl methyl sites for hydroxylation is 4. The van der Waals surface area contributed by atoms with E-state index in [0.29, 0.717) is 0 Å². The lowest BCUT2D eigenvalue weighted by Crippen LogP contribution is -1.98. The van der Waals surface area contributed by atoms with Gasteiger partial charge < -0.3 is 0 Å². The van der Waals surface area contributed by atoms with Crippen molar-refractivity contribution in [3.05, 3.63) is 45.0 Å². The summed E-state index contributed by atoms with van der Waals surface area (Å²) >= 11 is 0. The highest BCUT2D eigenvalue weighted by Gasteiger charge is 2.12. The zero-order valence-electron chi connectivity index (χ0n) is 12.1. The molecule has 0 bridgehead atoms. The third kappa shape index (κ3) is 1.58. The van der Waals surface area contributed by atoms with Gasteiger partial charge in [0.05, 0.1) is 0 Å². The fourth-order valence-electron chi connectivity index (χ4n) is 2.81. The fourth-order valence-corrected chi connectivity index (χ4v) is 2.81. The van der Waals surface area contributed by atoms with Crippen LogP contribution in [0.1, 0.15) is 38.9 Å². The summed E-state index contributed by atoms with van der Waals surface area (Å²) in [7, 11) is 0. The van der Waals surface area contributed by atoms with Crippen molar-refractivity contribution in [2.45, 2.75) is 48.5 Å². The summed E-state index contributed by atoms with van der Waals surface area (Å²) in [5.74, 6) is 0. The van der Waals surface area contributed by atoms with Gasteiger partial charge in [-0.15, -0.1) is 0 Å². The second-order valence-corrected chi connectivity index (χ2v) is 5.37. The summed E-state index contributed by atoms with van der Waals surface area (Å²) in [6.07, 6.45) is 0. The van der Waals surface area contributed by atoms with E-state index in [1.807, 2.05) is 0 Å². The molecule has 0 heteroatoms. The van der Waals surface area contributed by atoms with Gasteiger partial charge >= 0.3 is 0 Å². The molecular formula is C17H22. The molecule has 0 aromatic heterocycles. The Morgan fingerprint density at radius 1 is 0.529 bits per heavy atom. The van der Waals surface area contributed by atoms with Crippen molar-refractivity contribution < 1.29 is 0 Å². The van der Waals surface area contributed by atoms with Crippen LogP contribution in [0, 0.1) is 48.5 Å². The second-order valence-electron chi connectivity index (χ2n) is 5.37. The van der Waals surface area contributed by atoms with E-state index in [4.69, 9.17) is 0 Å². The Bertz CT molecular complexity index is 608. The standard InChI is InChI=1S/C17H22/c1-9-8-16-13(5)11(3)12(4)15(7)17(16)14(6)10(9)2/h8H,1-7H3. The van der Waals surface area contributed by atoms with Gasteiger partial charge in [-0.2, -0.15) is 0 Å². The maximum absolute atomic E-state index is 2.35. The molecule has 0 unspecified atom stereocenters. The highest BCUT2D eigenvalue weighted by Crippen LogP contribution is 2.33. The second kappa shape index (κ2) is 3.87. The zero-order valence-corrected chi connectivity index (χ0v) is 12.1. The molecule has 0 aliphatic carbocycles. The Morgan fingerprint density at radius 3 is 1.59 bits per heavy atom. The molecule has 0 amide bonds. The van der Waals surface area contributed by atoms with Crippen molar-refractivity contribution in [2.24, 2.45) is 0 Å². The van der Waals surface area contributed by atoms with Crippen LogP contribution in [0.15, 0.2) is 6.07 Å². The Hall–Kier alpha value is -1.30. The van der Waals surface area contributed by atoms with Gasteiger partial charge in [0, 0.05) is 0 Å². The molecule has 0 aliphatic rings. The molecular weight excluding hydrogens is 204 g/mol. The molecule has 0 spiro atoms. The van der Waals surface area contributed by atoms with E-state index in [1.165, 1.54) is 49.7 Å². The average molecular weight is 226 g/mol. The van der Waals surface area contributed by atoms with E-state index in [2.05, 4.69) is 54.5 Å². The maximum atomic E-state index is 2.35. The SMILES string of the molecule is Cc1cc2c(C)c(C)c(C)c(C)c2c(C)c1C. The van der Waals surface area contributed by atoms with Crippen molar-refractivity contribution in [1.82, 2.24) is 0 Å². The number of rotatable bonds is 0. The van der Waals surface area contributed by atoms with E-state index in [1.54, 1.807) is 0 Å². The van der Waals surface area contributed by atoms with Crippen LogP contribution < -0.4 is 0 Å². The van der Waals surface area contributed by atoms with Crippen LogP contribution in [-0.4, -0.2) is 0 Å². The third-order valence-corrected chi connectivity index (χ3v) is 4.63. The van der Waals surface area contributed by atoms with Crippen LogP contribution in [0.25, 0.3) is 10.8 Å². The minimum absolute atomic E-state index is 1.40. The smallest absolute Gasteiger partial charge is 0.0117 e. The van der Waals surface area contributed by atoms with E-state index >= 15 is 0 Å². The molecule has 90 valence electrons. The maximum Gasteiger partial charge on any atom is -0.0117 e. The van der Waals surface area contributed by atoms with Crippen molar-refractivity contribution >= 4 is 10.8 Å². The molecule has 0 fully saturated rings. The largest absolute Gasteiger partial charge is 0.0509 e. The Labute approximate surface area is 105 Å². The average Bonchev–Trinajstić information content (AvgIpc) is 2.30. The summed E-state index contributed by atoms with van der Waals surface area (Å²) < 4.78 is 0. The molecule has 0 radical (unpaired) electrons. The molecule has 2 aromatic rings. The third-order valence-electron chi connectivity index (χ3n) is 4.63. The quantitative estimate of drug-likeness (QED) is 0.593. The van der Waals surface area contributed by atoms with Crippen LogP contribution >= 0.6 is 0 Å². The number of fused-ring (bicyclic) bond motifs is 1. The molecule has 2 rings (SSSR count). The highest BCUT2D eigenvalue weighted by molar-refractivity contribution is 5.94. The lowest BCUT2D eigenvalue weighted by molar-refractivity contribution is 1.22. The first kappa shape index (κ1) is 12.2. The van der Waals surface area contributed by atoms with Gasteiger partial charge in [-0.3, -0.25) is 0 Å². The first-order chi connectivity index (χ1) is 7.86. The van der Waals surface area contributed by atoms with E-state index in [-0.39, 0.29) is 0 Å². The van der Waals surface area contributed by atoms with Gasteiger partial charge in [-0.1, -0.05) is 6.07 Å². The lowest BCUT2D eigenvalue weighted by atomic mass is 9.86. The Balaban J connectivity index is 3.12. The normalized spacial score (nSPS) is 11.2. The van der Waals surface area contributed by atoms with Gasteiger partial charge in [0.1, 0.15) is 0 Å². The summed E-state index contributed by atoms with van der Waals surface area (Å²) in [6.45, 7) is 15.7. The van der Waals surface area contributed by atoms with Crippen molar-refractivity contribution in [3.8, 4) is 0 Å². The lowest BCUT2D eigenvalue weighted by Gasteiger charge is -2.18. The Kier molecular flexibility index (Phi) is 2.77. The molecule has 17 heavy (non-hydrogen) atoms. The molecule has 0 saturated carbocycles. The fraction of sp³-hybridized carbons (Fsp3) is 0.412. The zero-order chi connectivity index (χ0) is 12.9. The van der Waals surface area contributed by atoms with E-state index < -0.39 is 0 Å². The molecule has 0 N–H and O–H groups in total. The molecule has 0 atom stereocenters. The van der Waals surface area contributed by atoms with Crippen molar-refractivity contribution in [1.29, 1.82) is 0 Å². The summed E-state index contributed by atoms with van der Waals surface area (Å²) in [6, 6.07) is 2.35. The first-order valence-electron chi connectivity index (χ1n) is 6.33.